The van der Waals surface area contributed by atoms with E-state index in [1.165, 1.54) is 12.8 Å². The summed E-state index contributed by atoms with van der Waals surface area (Å²) in [4.78, 5) is 0. The Bertz CT molecular complexity index is 316. The molecule has 2 rings (SSSR count). The average Bonchev–Trinajstić information content (AvgIpc) is 2.95. The minimum atomic E-state index is 0.418. The van der Waals surface area contributed by atoms with Gasteiger partial charge in [-0.15, -0.1) is 0 Å². The Labute approximate surface area is 84.8 Å². The van der Waals surface area contributed by atoms with Crippen LogP contribution in [0.3, 0.4) is 0 Å². The minimum Gasteiger partial charge on any atom is -0.493 e. The third kappa shape index (κ3) is 2.00. The lowest BCUT2D eigenvalue weighted by Gasteiger charge is -2.13. The molecule has 14 heavy (non-hydrogen) atoms. The van der Waals surface area contributed by atoms with E-state index in [0.717, 1.165) is 18.1 Å². The fourth-order valence-corrected chi connectivity index (χ4v) is 1.35. The van der Waals surface area contributed by atoms with E-state index in [4.69, 9.17) is 9.47 Å². The van der Waals surface area contributed by atoms with E-state index in [1.807, 2.05) is 24.3 Å². The summed E-state index contributed by atoms with van der Waals surface area (Å²) in [5, 5.41) is 0. The molecule has 0 aromatic heterocycles. The molecular weight excluding hydrogens is 176 g/mol. The van der Waals surface area contributed by atoms with E-state index in [2.05, 4.69) is 6.92 Å². The van der Waals surface area contributed by atoms with Gasteiger partial charge in [0.2, 0.25) is 0 Å². The largest absolute Gasteiger partial charge is 0.493 e. The van der Waals surface area contributed by atoms with Crippen LogP contribution in [0.5, 0.6) is 11.5 Å². The third-order valence-electron chi connectivity index (χ3n) is 2.75. The first-order valence-electron chi connectivity index (χ1n) is 4.99. The topological polar surface area (TPSA) is 18.5 Å². The fraction of sp³-hybridized carbons (Fsp3) is 0.500. The number of para-hydroxylation sites is 2. The van der Waals surface area contributed by atoms with Gasteiger partial charge in [-0.25, -0.2) is 0 Å². The number of hydrogen-bond donors (Lipinski definition) is 0. The highest BCUT2D eigenvalue weighted by atomic mass is 16.5. The highest BCUT2D eigenvalue weighted by Crippen LogP contribution is 2.45. The van der Waals surface area contributed by atoms with Crippen molar-refractivity contribution < 1.29 is 9.47 Å². The van der Waals surface area contributed by atoms with Gasteiger partial charge < -0.3 is 9.47 Å². The molecule has 1 aliphatic carbocycles. The van der Waals surface area contributed by atoms with Gasteiger partial charge in [0, 0.05) is 5.41 Å². The second kappa shape index (κ2) is 3.52. The molecular formula is C12H16O2. The molecule has 2 nitrogen and oxygen atoms in total. The van der Waals surface area contributed by atoms with Crippen LogP contribution in [0.4, 0.5) is 0 Å². The summed E-state index contributed by atoms with van der Waals surface area (Å²) in [7, 11) is 1.67. The molecule has 1 aromatic carbocycles. The standard InChI is InChI=1S/C12H16O2/c1-12(7-8-12)9-14-11-6-4-3-5-10(11)13-2/h3-6H,7-9H2,1-2H3. The summed E-state index contributed by atoms with van der Waals surface area (Å²) in [6, 6.07) is 7.78. The normalized spacial score (nSPS) is 17.6. The Morgan fingerprint density at radius 1 is 1.21 bits per heavy atom. The van der Waals surface area contributed by atoms with E-state index in [0.29, 0.717) is 5.41 Å². The predicted octanol–water partition coefficient (Wildman–Crippen LogP) is 2.87. The Kier molecular flexibility index (Phi) is 2.36. The molecule has 1 fully saturated rings. The van der Waals surface area contributed by atoms with Crippen molar-refractivity contribution in [2.75, 3.05) is 13.7 Å². The maximum absolute atomic E-state index is 5.73. The van der Waals surface area contributed by atoms with Crippen molar-refractivity contribution in [3.63, 3.8) is 0 Å². The van der Waals surface area contributed by atoms with Crippen LogP contribution in [-0.4, -0.2) is 13.7 Å². The summed E-state index contributed by atoms with van der Waals surface area (Å²) in [6.45, 7) is 3.05. The van der Waals surface area contributed by atoms with Crippen LogP contribution >= 0.6 is 0 Å². The second-order valence-electron chi connectivity index (χ2n) is 4.25. The van der Waals surface area contributed by atoms with E-state index < -0.39 is 0 Å². The molecule has 0 aliphatic heterocycles. The van der Waals surface area contributed by atoms with Gasteiger partial charge >= 0.3 is 0 Å². The highest BCUT2D eigenvalue weighted by molar-refractivity contribution is 5.39. The smallest absolute Gasteiger partial charge is 0.161 e. The van der Waals surface area contributed by atoms with Crippen molar-refractivity contribution >= 4 is 0 Å². The monoisotopic (exact) mass is 192 g/mol. The third-order valence-corrected chi connectivity index (χ3v) is 2.75. The minimum absolute atomic E-state index is 0.418. The quantitative estimate of drug-likeness (QED) is 0.730. The maximum Gasteiger partial charge on any atom is 0.161 e. The Morgan fingerprint density at radius 3 is 2.43 bits per heavy atom. The zero-order chi connectivity index (χ0) is 10.0. The first-order chi connectivity index (χ1) is 6.73. The average molecular weight is 192 g/mol. The fourth-order valence-electron chi connectivity index (χ4n) is 1.35. The van der Waals surface area contributed by atoms with Gasteiger partial charge in [-0.2, -0.15) is 0 Å². The van der Waals surface area contributed by atoms with E-state index in [9.17, 15) is 0 Å². The van der Waals surface area contributed by atoms with Crippen LogP contribution in [0.15, 0.2) is 24.3 Å². The van der Waals surface area contributed by atoms with Gasteiger partial charge in [0.1, 0.15) is 0 Å². The van der Waals surface area contributed by atoms with Crippen LogP contribution in [0.25, 0.3) is 0 Å². The molecule has 0 N–H and O–H groups in total. The van der Waals surface area contributed by atoms with Gasteiger partial charge in [-0.1, -0.05) is 19.1 Å². The SMILES string of the molecule is COc1ccccc1OCC1(C)CC1. The van der Waals surface area contributed by atoms with Gasteiger partial charge in [-0.3, -0.25) is 0 Å². The Balaban J connectivity index is 2.00. The summed E-state index contributed by atoms with van der Waals surface area (Å²) < 4.78 is 10.9. The summed E-state index contributed by atoms with van der Waals surface area (Å²) >= 11 is 0. The van der Waals surface area contributed by atoms with Crippen molar-refractivity contribution in [1.29, 1.82) is 0 Å². The Morgan fingerprint density at radius 2 is 1.86 bits per heavy atom. The molecule has 1 aromatic rings. The lowest BCUT2D eigenvalue weighted by molar-refractivity contribution is 0.236. The molecule has 0 atom stereocenters. The van der Waals surface area contributed by atoms with E-state index in [-0.39, 0.29) is 0 Å². The highest BCUT2D eigenvalue weighted by Gasteiger charge is 2.38. The van der Waals surface area contributed by atoms with Crippen molar-refractivity contribution in [3.05, 3.63) is 24.3 Å². The molecule has 0 heterocycles. The van der Waals surface area contributed by atoms with Crippen molar-refractivity contribution in [2.24, 2.45) is 5.41 Å². The summed E-state index contributed by atoms with van der Waals surface area (Å²) in [6.07, 6.45) is 2.56. The molecule has 0 amide bonds. The maximum atomic E-state index is 5.73. The molecule has 0 radical (unpaired) electrons. The molecule has 76 valence electrons. The van der Waals surface area contributed by atoms with Crippen LogP contribution in [0, 0.1) is 5.41 Å². The lowest BCUT2D eigenvalue weighted by Crippen LogP contribution is -2.09. The van der Waals surface area contributed by atoms with Crippen molar-refractivity contribution in [3.8, 4) is 11.5 Å². The zero-order valence-electron chi connectivity index (χ0n) is 8.75. The molecule has 1 aliphatic rings. The Hall–Kier alpha value is -1.18. The zero-order valence-corrected chi connectivity index (χ0v) is 8.75. The molecule has 0 bridgehead atoms. The summed E-state index contributed by atoms with van der Waals surface area (Å²) in [5.41, 5.74) is 0.418. The number of hydrogen-bond acceptors (Lipinski definition) is 2. The van der Waals surface area contributed by atoms with Gasteiger partial charge in [0.05, 0.1) is 13.7 Å². The van der Waals surface area contributed by atoms with E-state index >= 15 is 0 Å². The van der Waals surface area contributed by atoms with Crippen LogP contribution < -0.4 is 9.47 Å². The predicted molar refractivity (Wildman–Crippen MR) is 55.8 cm³/mol. The van der Waals surface area contributed by atoms with E-state index in [1.54, 1.807) is 7.11 Å². The lowest BCUT2D eigenvalue weighted by atomic mass is 10.2. The molecule has 0 unspecified atom stereocenters. The number of rotatable bonds is 4. The first-order valence-corrected chi connectivity index (χ1v) is 4.99. The number of benzene rings is 1. The van der Waals surface area contributed by atoms with Crippen molar-refractivity contribution in [2.45, 2.75) is 19.8 Å². The first kappa shape index (κ1) is 9.38. The number of ether oxygens (including phenoxy) is 2. The van der Waals surface area contributed by atoms with Crippen LogP contribution in [0.1, 0.15) is 19.8 Å². The summed E-state index contributed by atoms with van der Waals surface area (Å²) in [5.74, 6) is 1.67. The van der Waals surface area contributed by atoms with Gasteiger partial charge in [-0.05, 0) is 25.0 Å². The molecule has 2 heteroatoms. The number of methoxy groups -OCH3 is 1. The second-order valence-corrected chi connectivity index (χ2v) is 4.25. The van der Waals surface area contributed by atoms with Gasteiger partial charge in [0.15, 0.2) is 11.5 Å². The van der Waals surface area contributed by atoms with Crippen LogP contribution in [-0.2, 0) is 0 Å². The molecule has 0 spiro atoms. The molecule has 1 saturated carbocycles. The van der Waals surface area contributed by atoms with Crippen LogP contribution in [0.2, 0.25) is 0 Å². The van der Waals surface area contributed by atoms with Gasteiger partial charge in [0.25, 0.3) is 0 Å². The molecule has 0 saturated heterocycles. The van der Waals surface area contributed by atoms with Crippen molar-refractivity contribution in [1.82, 2.24) is 0 Å².